The molecular formula is C11H15NO4S. The second kappa shape index (κ2) is 4.73. The first kappa shape index (κ1) is 12.5. The Morgan fingerprint density at radius 1 is 1.41 bits per heavy atom. The number of benzene rings is 1. The third kappa shape index (κ3) is 2.21. The maximum absolute atomic E-state index is 12.2. The van der Waals surface area contributed by atoms with E-state index in [0.29, 0.717) is 5.56 Å². The van der Waals surface area contributed by atoms with E-state index in [9.17, 15) is 13.5 Å². The van der Waals surface area contributed by atoms with Crippen molar-refractivity contribution in [3.63, 3.8) is 0 Å². The van der Waals surface area contributed by atoms with Crippen molar-refractivity contribution in [3.8, 4) is 0 Å². The van der Waals surface area contributed by atoms with Crippen molar-refractivity contribution in [2.75, 3.05) is 19.8 Å². The van der Waals surface area contributed by atoms with E-state index in [1.54, 1.807) is 18.2 Å². The van der Waals surface area contributed by atoms with Gasteiger partial charge < -0.3 is 15.6 Å². The van der Waals surface area contributed by atoms with Gasteiger partial charge in [-0.15, -0.1) is 0 Å². The quantitative estimate of drug-likeness (QED) is 0.783. The number of hydrogen-bond donors (Lipinski definition) is 2. The van der Waals surface area contributed by atoms with Crippen LogP contribution in [0.3, 0.4) is 0 Å². The topological polar surface area (TPSA) is 89.6 Å². The summed E-state index contributed by atoms with van der Waals surface area (Å²) in [6.45, 7) is 0.429. The zero-order valence-electron chi connectivity index (χ0n) is 9.24. The molecule has 1 heterocycles. The SMILES string of the molecule is NCC(O)c1ccccc1S(=O)(=O)C1COC1. The molecule has 0 bridgehead atoms. The number of aliphatic hydroxyl groups is 1. The Morgan fingerprint density at radius 2 is 2.06 bits per heavy atom. The van der Waals surface area contributed by atoms with Crippen LogP contribution in [0.25, 0.3) is 0 Å². The predicted molar refractivity (Wildman–Crippen MR) is 62.2 cm³/mol. The van der Waals surface area contributed by atoms with Gasteiger partial charge in [0.2, 0.25) is 0 Å². The van der Waals surface area contributed by atoms with E-state index < -0.39 is 21.2 Å². The van der Waals surface area contributed by atoms with E-state index in [1.807, 2.05) is 0 Å². The van der Waals surface area contributed by atoms with Gasteiger partial charge in [-0.25, -0.2) is 8.42 Å². The molecule has 1 aliphatic rings. The molecular weight excluding hydrogens is 242 g/mol. The molecule has 17 heavy (non-hydrogen) atoms. The largest absolute Gasteiger partial charge is 0.387 e. The fraction of sp³-hybridized carbons (Fsp3) is 0.455. The molecule has 1 unspecified atom stereocenters. The van der Waals surface area contributed by atoms with Crippen LogP contribution < -0.4 is 5.73 Å². The molecule has 1 saturated heterocycles. The number of hydrogen-bond acceptors (Lipinski definition) is 5. The molecule has 94 valence electrons. The first-order valence-corrected chi connectivity index (χ1v) is 6.90. The molecule has 1 aromatic rings. The summed E-state index contributed by atoms with van der Waals surface area (Å²) in [7, 11) is -3.43. The molecule has 0 spiro atoms. The predicted octanol–water partition coefficient (Wildman–Crippen LogP) is -0.149. The molecule has 2 rings (SSSR count). The summed E-state index contributed by atoms with van der Waals surface area (Å²) in [5, 5.41) is 9.22. The zero-order valence-corrected chi connectivity index (χ0v) is 10.1. The van der Waals surface area contributed by atoms with Crippen LogP contribution in [0.1, 0.15) is 11.7 Å². The number of rotatable bonds is 4. The fourth-order valence-corrected chi connectivity index (χ4v) is 3.43. The number of sulfone groups is 1. The number of aliphatic hydroxyl groups excluding tert-OH is 1. The van der Waals surface area contributed by atoms with Crippen LogP contribution in [0.2, 0.25) is 0 Å². The lowest BCUT2D eigenvalue weighted by Crippen LogP contribution is -2.41. The van der Waals surface area contributed by atoms with Gasteiger partial charge in [0.15, 0.2) is 9.84 Å². The van der Waals surface area contributed by atoms with Crippen LogP contribution in [0, 0.1) is 0 Å². The van der Waals surface area contributed by atoms with E-state index in [2.05, 4.69) is 0 Å². The summed E-state index contributed by atoms with van der Waals surface area (Å²) in [6.07, 6.45) is -0.957. The van der Waals surface area contributed by atoms with Gasteiger partial charge in [0.1, 0.15) is 5.25 Å². The molecule has 0 radical (unpaired) electrons. The Labute approximate surface area is 100 Å². The van der Waals surface area contributed by atoms with Crippen LogP contribution in [-0.2, 0) is 14.6 Å². The first-order valence-electron chi connectivity index (χ1n) is 5.36. The van der Waals surface area contributed by atoms with Gasteiger partial charge in [0.05, 0.1) is 24.2 Å². The minimum Gasteiger partial charge on any atom is -0.387 e. The standard InChI is InChI=1S/C11H15NO4S/c12-5-10(13)9-3-1-2-4-11(9)17(14,15)8-6-16-7-8/h1-4,8,10,13H,5-7,12H2. The Hall–Kier alpha value is -0.950. The summed E-state index contributed by atoms with van der Waals surface area (Å²) < 4.78 is 29.4. The summed E-state index contributed by atoms with van der Waals surface area (Å²) in [5.41, 5.74) is 5.73. The highest BCUT2D eigenvalue weighted by Crippen LogP contribution is 2.27. The van der Waals surface area contributed by atoms with Crippen molar-refractivity contribution in [2.24, 2.45) is 5.73 Å². The van der Waals surface area contributed by atoms with Gasteiger partial charge >= 0.3 is 0 Å². The fourth-order valence-electron chi connectivity index (χ4n) is 1.71. The highest BCUT2D eigenvalue weighted by Gasteiger charge is 2.35. The van der Waals surface area contributed by atoms with Gasteiger partial charge in [-0.2, -0.15) is 0 Å². The summed E-state index contributed by atoms with van der Waals surface area (Å²) >= 11 is 0. The van der Waals surface area contributed by atoms with E-state index in [1.165, 1.54) is 6.07 Å². The third-order valence-electron chi connectivity index (χ3n) is 2.85. The molecule has 1 fully saturated rings. The second-order valence-corrected chi connectivity index (χ2v) is 6.19. The van der Waals surface area contributed by atoms with Crippen molar-refractivity contribution in [1.29, 1.82) is 0 Å². The number of nitrogens with two attached hydrogens (primary N) is 1. The molecule has 1 aromatic carbocycles. The van der Waals surface area contributed by atoms with E-state index in [4.69, 9.17) is 10.5 Å². The molecule has 0 aliphatic carbocycles. The van der Waals surface area contributed by atoms with Crippen molar-refractivity contribution < 1.29 is 18.3 Å². The minimum atomic E-state index is -3.43. The second-order valence-electron chi connectivity index (χ2n) is 3.99. The minimum absolute atomic E-state index is 0.00625. The summed E-state index contributed by atoms with van der Waals surface area (Å²) in [6, 6.07) is 6.41. The Kier molecular flexibility index (Phi) is 3.48. The molecule has 3 N–H and O–H groups in total. The van der Waals surface area contributed by atoms with E-state index in [0.717, 1.165) is 0 Å². The number of ether oxygens (including phenoxy) is 1. The smallest absolute Gasteiger partial charge is 0.186 e. The molecule has 6 heteroatoms. The van der Waals surface area contributed by atoms with Gasteiger partial charge in [0, 0.05) is 12.1 Å². The van der Waals surface area contributed by atoms with Gasteiger partial charge in [-0.05, 0) is 6.07 Å². The van der Waals surface area contributed by atoms with Gasteiger partial charge in [-0.1, -0.05) is 18.2 Å². The Balaban J connectivity index is 2.44. The van der Waals surface area contributed by atoms with E-state index >= 15 is 0 Å². The van der Waals surface area contributed by atoms with Crippen molar-refractivity contribution in [1.82, 2.24) is 0 Å². The molecule has 0 aromatic heterocycles. The van der Waals surface area contributed by atoms with E-state index in [-0.39, 0.29) is 24.7 Å². The average molecular weight is 257 g/mol. The van der Waals surface area contributed by atoms with Gasteiger partial charge in [-0.3, -0.25) is 0 Å². The maximum atomic E-state index is 12.2. The Morgan fingerprint density at radius 3 is 2.59 bits per heavy atom. The third-order valence-corrected chi connectivity index (χ3v) is 4.99. The van der Waals surface area contributed by atoms with Crippen LogP contribution in [0.15, 0.2) is 29.2 Å². The Bertz CT molecular complexity index is 496. The van der Waals surface area contributed by atoms with Gasteiger partial charge in [0.25, 0.3) is 0 Å². The monoisotopic (exact) mass is 257 g/mol. The maximum Gasteiger partial charge on any atom is 0.186 e. The lowest BCUT2D eigenvalue weighted by Gasteiger charge is -2.27. The van der Waals surface area contributed by atoms with Crippen LogP contribution in [0.4, 0.5) is 0 Å². The lowest BCUT2D eigenvalue weighted by molar-refractivity contribution is 0.0415. The highest BCUT2D eigenvalue weighted by molar-refractivity contribution is 7.92. The summed E-state index contributed by atoms with van der Waals surface area (Å²) in [5.74, 6) is 0. The molecule has 1 atom stereocenters. The van der Waals surface area contributed by atoms with Crippen LogP contribution >= 0.6 is 0 Å². The molecule has 1 aliphatic heterocycles. The van der Waals surface area contributed by atoms with Crippen molar-refractivity contribution >= 4 is 9.84 Å². The van der Waals surface area contributed by atoms with Crippen molar-refractivity contribution in [3.05, 3.63) is 29.8 Å². The average Bonchev–Trinajstić information content (AvgIpc) is 2.25. The molecule has 5 nitrogen and oxygen atoms in total. The lowest BCUT2D eigenvalue weighted by atomic mass is 10.1. The first-order chi connectivity index (χ1) is 8.07. The highest BCUT2D eigenvalue weighted by atomic mass is 32.2. The van der Waals surface area contributed by atoms with Crippen molar-refractivity contribution in [2.45, 2.75) is 16.2 Å². The molecule has 0 amide bonds. The van der Waals surface area contributed by atoms with Crippen LogP contribution in [-0.4, -0.2) is 38.5 Å². The normalized spacial score (nSPS) is 18.7. The summed E-state index contributed by atoms with van der Waals surface area (Å²) in [4.78, 5) is 0.159. The zero-order chi connectivity index (χ0) is 12.5. The molecule has 0 saturated carbocycles. The van der Waals surface area contributed by atoms with Crippen LogP contribution in [0.5, 0.6) is 0 Å².